The highest BCUT2D eigenvalue weighted by atomic mass is 16.2. The normalized spacial score (nSPS) is 14.2. The summed E-state index contributed by atoms with van der Waals surface area (Å²) < 4.78 is 0. The molecule has 0 fully saturated rings. The summed E-state index contributed by atoms with van der Waals surface area (Å²) in [5.74, 6) is 0.0295. The maximum atomic E-state index is 11.9. The number of pyridine rings is 1. The van der Waals surface area contributed by atoms with Gasteiger partial charge in [-0.1, -0.05) is 20.3 Å². The molecule has 1 rings (SSSR count). The van der Waals surface area contributed by atoms with E-state index in [9.17, 15) is 4.79 Å². The lowest BCUT2D eigenvalue weighted by atomic mass is 9.99. The number of hydrogen-bond donors (Lipinski definition) is 2. The third kappa shape index (κ3) is 3.53. The Balaban J connectivity index is 2.74. The number of rotatable bonds is 4. The van der Waals surface area contributed by atoms with E-state index in [4.69, 9.17) is 5.73 Å². The van der Waals surface area contributed by atoms with E-state index < -0.39 is 6.04 Å². The number of carbonyl (C=O) groups is 1. The monoisotopic (exact) mass is 235 g/mol. The van der Waals surface area contributed by atoms with Crippen LogP contribution in [-0.2, 0) is 4.79 Å². The zero-order valence-corrected chi connectivity index (χ0v) is 10.9. The van der Waals surface area contributed by atoms with E-state index in [1.54, 1.807) is 0 Å². The molecule has 0 aliphatic heterocycles. The van der Waals surface area contributed by atoms with E-state index in [0.717, 1.165) is 23.5 Å². The molecule has 4 heteroatoms. The van der Waals surface area contributed by atoms with Crippen molar-refractivity contribution in [1.29, 1.82) is 0 Å². The predicted molar refractivity (Wildman–Crippen MR) is 69.8 cm³/mol. The van der Waals surface area contributed by atoms with E-state index in [2.05, 4.69) is 10.3 Å². The first-order valence-corrected chi connectivity index (χ1v) is 5.96. The van der Waals surface area contributed by atoms with Crippen molar-refractivity contribution in [2.45, 2.75) is 40.2 Å². The van der Waals surface area contributed by atoms with Crippen molar-refractivity contribution in [3.8, 4) is 0 Å². The maximum Gasteiger partial charge on any atom is 0.241 e. The standard InChI is InChI=1S/C13H21N3O/c1-5-8(2)12(14)13(17)16-11-7-6-9(3)15-10(11)4/h6-8,12H,5,14H2,1-4H3,(H,16,17)/t8-,12-/m0/s1. The maximum absolute atomic E-state index is 11.9. The highest BCUT2D eigenvalue weighted by Gasteiger charge is 2.19. The number of anilines is 1. The Labute approximate surface area is 103 Å². The van der Waals surface area contributed by atoms with Crippen LogP contribution in [0.15, 0.2) is 12.1 Å². The van der Waals surface area contributed by atoms with Gasteiger partial charge in [0.2, 0.25) is 5.91 Å². The van der Waals surface area contributed by atoms with Gasteiger partial charge in [-0.25, -0.2) is 0 Å². The minimum Gasteiger partial charge on any atom is -0.323 e. The molecule has 1 heterocycles. The lowest BCUT2D eigenvalue weighted by Crippen LogP contribution is -2.40. The molecular weight excluding hydrogens is 214 g/mol. The fraction of sp³-hybridized carbons (Fsp3) is 0.538. The Morgan fingerprint density at radius 2 is 2.12 bits per heavy atom. The topological polar surface area (TPSA) is 68.0 Å². The largest absolute Gasteiger partial charge is 0.323 e. The van der Waals surface area contributed by atoms with Gasteiger partial charge >= 0.3 is 0 Å². The van der Waals surface area contributed by atoms with Crippen LogP contribution >= 0.6 is 0 Å². The van der Waals surface area contributed by atoms with Crippen molar-refractivity contribution in [2.75, 3.05) is 5.32 Å². The zero-order chi connectivity index (χ0) is 13.0. The van der Waals surface area contributed by atoms with Gasteiger partial charge in [0.25, 0.3) is 0 Å². The number of nitrogens with one attached hydrogen (secondary N) is 1. The number of hydrogen-bond acceptors (Lipinski definition) is 3. The molecular formula is C13H21N3O. The van der Waals surface area contributed by atoms with E-state index in [1.165, 1.54) is 0 Å². The molecule has 17 heavy (non-hydrogen) atoms. The van der Waals surface area contributed by atoms with Crippen molar-refractivity contribution in [3.63, 3.8) is 0 Å². The van der Waals surface area contributed by atoms with Crippen molar-refractivity contribution < 1.29 is 4.79 Å². The van der Waals surface area contributed by atoms with Crippen LogP contribution in [0.4, 0.5) is 5.69 Å². The molecule has 0 saturated heterocycles. The summed E-state index contributed by atoms with van der Waals surface area (Å²) in [6.07, 6.45) is 0.889. The number of aryl methyl sites for hydroxylation is 2. The molecule has 0 aliphatic rings. The first-order valence-electron chi connectivity index (χ1n) is 5.96. The molecule has 1 aromatic heterocycles. The highest BCUT2D eigenvalue weighted by molar-refractivity contribution is 5.95. The smallest absolute Gasteiger partial charge is 0.241 e. The van der Waals surface area contributed by atoms with E-state index in [0.29, 0.717) is 0 Å². The predicted octanol–water partition coefficient (Wildman–Crippen LogP) is 2.01. The molecule has 0 spiro atoms. The molecule has 0 radical (unpaired) electrons. The molecule has 1 amide bonds. The second-order valence-corrected chi connectivity index (χ2v) is 4.49. The van der Waals surface area contributed by atoms with Crippen LogP contribution < -0.4 is 11.1 Å². The second-order valence-electron chi connectivity index (χ2n) is 4.49. The van der Waals surface area contributed by atoms with Gasteiger partial charge < -0.3 is 11.1 Å². The number of amides is 1. The number of nitrogens with zero attached hydrogens (tertiary/aromatic N) is 1. The van der Waals surface area contributed by atoms with Crippen LogP contribution in [0.3, 0.4) is 0 Å². The quantitative estimate of drug-likeness (QED) is 0.838. The lowest BCUT2D eigenvalue weighted by Gasteiger charge is -2.18. The Morgan fingerprint density at radius 3 is 2.65 bits per heavy atom. The average molecular weight is 235 g/mol. The molecule has 0 aromatic carbocycles. The fourth-order valence-electron chi connectivity index (χ4n) is 1.55. The minimum atomic E-state index is -0.472. The summed E-state index contributed by atoms with van der Waals surface area (Å²) in [5.41, 5.74) is 8.35. The molecule has 0 bridgehead atoms. The van der Waals surface area contributed by atoms with Crippen molar-refractivity contribution in [1.82, 2.24) is 4.98 Å². The molecule has 3 N–H and O–H groups in total. The van der Waals surface area contributed by atoms with E-state index in [1.807, 2.05) is 39.8 Å². The first-order chi connectivity index (χ1) is 7.95. The Morgan fingerprint density at radius 1 is 1.47 bits per heavy atom. The number of aromatic nitrogens is 1. The Hall–Kier alpha value is -1.42. The van der Waals surface area contributed by atoms with Crippen molar-refractivity contribution in [2.24, 2.45) is 11.7 Å². The van der Waals surface area contributed by atoms with Crippen LogP contribution in [0.25, 0.3) is 0 Å². The van der Waals surface area contributed by atoms with Crippen LogP contribution in [0.1, 0.15) is 31.7 Å². The van der Waals surface area contributed by atoms with Gasteiger partial charge in [-0.2, -0.15) is 0 Å². The molecule has 4 nitrogen and oxygen atoms in total. The van der Waals surface area contributed by atoms with Gasteiger partial charge in [0, 0.05) is 5.69 Å². The van der Waals surface area contributed by atoms with Gasteiger partial charge in [-0.3, -0.25) is 9.78 Å². The third-order valence-corrected chi connectivity index (χ3v) is 3.04. The summed E-state index contributed by atoms with van der Waals surface area (Å²) in [4.78, 5) is 16.2. The van der Waals surface area contributed by atoms with Gasteiger partial charge in [-0.15, -0.1) is 0 Å². The van der Waals surface area contributed by atoms with Crippen molar-refractivity contribution in [3.05, 3.63) is 23.5 Å². The third-order valence-electron chi connectivity index (χ3n) is 3.04. The molecule has 0 aliphatic carbocycles. The zero-order valence-electron chi connectivity index (χ0n) is 10.9. The average Bonchev–Trinajstić information content (AvgIpc) is 2.30. The number of carbonyl (C=O) groups excluding carboxylic acids is 1. The minimum absolute atomic E-state index is 0.145. The van der Waals surface area contributed by atoms with Gasteiger partial charge in [0.15, 0.2) is 0 Å². The van der Waals surface area contributed by atoms with Crippen LogP contribution in [0, 0.1) is 19.8 Å². The first kappa shape index (κ1) is 13.6. The molecule has 2 atom stereocenters. The lowest BCUT2D eigenvalue weighted by molar-refractivity contribution is -0.118. The number of nitrogens with two attached hydrogens (primary N) is 1. The summed E-state index contributed by atoms with van der Waals surface area (Å²) in [6.45, 7) is 7.79. The van der Waals surface area contributed by atoms with E-state index in [-0.39, 0.29) is 11.8 Å². The highest BCUT2D eigenvalue weighted by Crippen LogP contribution is 2.14. The van der Waals surface area contributed by atoms with Gasteiger partial charge in [0.05, 0.1) is 17.4 Å². The molecule has 1 aromatic rings. The van der Waals surface area contributed by atoms with Gasteiger partial charge in [0.1, 0.15) is 0 Å². The van der Waals surface area contributed by atoms with Crippen LogP contribution in [0.2, 0.25) is 0 Å². The fourth-order valence-corrected chi connectivity index (χ4v) is 1.55. The summed E-state index contributed by atoms with van der Waals surface area (Å²) in [7, 11) is 0. The van der Waals surface area contributed by atoms with Crippen LogP contribution in [-0.4, -0.2) is 16.9 Å². The van der Waals surface area contributed by atoms with Gasteiger partial charge in [-0.05, 0) is 31.9 Å². The summed E-state index contributed by atoms with van der Waals surface area (Å²) in [5, 5.41) is 2.83. The molecule has 94 valence electrons. The molecule has 0 unspecified atom stereocenters. The van der Waals surface area contributed by atoms with E-state index >= 15 is 0 Å². The van der Waals surface area contributed by atoms with Crippen molar-refractivity contribution >= 4 is 11.6 Å². The SMILES string of the molecule is CC[C@H](C)[C@H](N)C(=O)Nc1ccc(C)nc1C. The summed E-state index contributed by atoms with van der Waals surface area (Å²) in [6, 6.07) is 3.26. The molecule has 0 saturated carbocycles. The van der Waals surface area contributed by atoms with Crippen LogP contribution in [0.5, 0.6) is 0 Å². The Kier molecular flexibility index (Phi) is 4.63. The Bertz CT molecular complexity index is 404. The summed E-state index contributed by atoms with van der Waals surface area (Å²) >= 11 is 0. The second kappa shape index (κ2) is 5.77.